The number of hydrogen-bond acceptors (Lipinski definition) is 28. The molecule has 0 spiro atoms. The summed E-state index contributed by atoms with van der Waals surface area (Å²) in [5, 5.41) is 118. The number of amides is 2. The zero-order valence-electron chi connectivity index (χ0n) is 96.3. The Morgan fingerprint density at radius 1 is 0.365 bits per heavy atom. The van der Waals surface area contributed by atoms with E-state index in [-0.39, 0.29) is 77.7 Å². The molecule has 2 saturated heterocycles. The van der Waals surface area contributed by atoms with Crippen molar-refractivity contribution in [2.24, 2.45) is 59.1 Å². The molecule has 806 valence electrons. The van der Waals surface area contributed by atoms with E-state index < -0.39 is 56.0 Å². The van der Waals surface area contributed by atoms with Gasteiger partial charge in [-0.2, -0.15) is 4.98 Å². The normalized spacial score (nSPS) is 18.1. The van der Waals surface area contributed by atoms with Crippen molar-refractivity contribution in [3.63, 3.8) is 0 Å². The Labute approximate surface area is 888 Å². The number of likely N-dealkylation sites (N-methyl/N-ethyl adjacent to an activating group) is 2. The second-order valence-electron chi connectivity index (χ2n) is 47.9. The van der Waals surface area contributed by atoms with Crippen molar-refractivity contribution in [3.8, 4) is 118 Å². The molecule has 0 aliphatic carbocycles. The van der Waals surface area contributed by atoms with Crippen molar-refractivity contribution in [1.29, 1.82) is 0 Å². The van der Waals surface area contributed by atoms with E-state index in [1.165, 1.54) is 17.5 Å². The third-order valence-electron chi connectivity index (χ3n) is 18.5. The number of aromatic nitrogens is 11. The number of nitrogens with zero attached hydrogens (tertiary/aromatic N) is 14. The lowest BCUT2D eigenvalue weighted by Crippen LogP contribution is -2.51. The number of aliphatic hydroxyl groups is 10. The Balaban J connectivity index is 0.000000822. The Morgan fingerprint density at radius 2 is 0.736 bits per heavy atom. The summed E-state index contributed by atoms with van der Waals surface area (Å²) < 4.78 is 14.8. The van der Waals surface area contributed by atoms with Crippen molar-refractivity contribution in [1.82, 2.24) is 65.2 Å². The summed E-state index contributed by atoms with van der Waals surface area (Å²) in [4.78, 5) is 58.7. The van der Waals surface area contributed by atoms with Gasteiger partial charge in [0.15, 0.2) is 45.0 Å². The fraction of sp³-hybridized carbons (Fsp3) is 0.593. The van der Waals surface area contributed by atoms with Gasteiger partial charge >= 0.3 is 0 Å². The van der Waals surface area contributed by atoms with Crippen molar-refractivity contribution >= 4 is 28.9 Å². The monoisotopic (exact) mass is 2050 g/mol. The molecular weight excluding hydrogens is 1890 g/mol. The average molecular weight is 2050 g/mol. The maximum absolute atomic E-state index is 11.7. The summed E-state index contributed by atoms with van der Waals surface area (Å²) in [5.74, 6) is 59.4. The predicted molar refractivity (Wildman–Crippen MR) is 585 cm³/mol. The first kappa shape index (κ1) is 134. The summed E-state index contributed by atoms with van der Waals surface area (Å²) in [6.07, 6.45) is 17.4. The van der Waals surface area contributed by atoms with Gasteiger partial charge in [-0.3, -0.25) is 29.5 Å². The SMILES string of the molecule is CC(C)(C)C#CC(C)(O)C1=NCC=C1.CC(C)(C)C#CC(C)(O)c1ccccn1.CC(C)(C)C#CC(C)(O)c1cnccn1.CC(C)(C)C#CC(C)(O)c1ncccn1.CC(C)(C)C#CC(C)(O)c1nccs1.CN1CCCC(O)(C#CC(C)(C)C)C1=O.CN1CCCC(O)(C#CC(C)(C)C)C1=O.Cc1cc(C(C)(O)C#CC(C)(C)C)no1.Cc1nc(C(C)(O)C#CC(C)(C)C)no1.Cc1nnc(C(C)(O)C#CC(C)(C)C)o1. The second kappa shape index (κ2) is 54.4. The molecule has 30 heteroatoms. The van der Waals surface area contributed by atoms with Crippen LogP contribution in [-0.4, -0.2) is 184 Å². The molecule has 10 rings (SSSR count). The summed E-state index contributed by atoms with van der Waals surface area (Å²) >= 11 is 1.42. The van der Waals surface area contributed by atoms with Crippen molar-refractivity contribution in [2.45, 2.75) is 366 Å². The molecule has 0 aromatic carbocycles. The van der Waals surface area contributed by atoms with Gasteiger partial charge in [0.2, 0.25) is 34.4 Å². The minimum Gasteiger partial charge on any atom is -0.421 e. The minimum atomic E-state index is -1.46. The van der Waals surface area contributed by atoms with E-state index in [0.29, 0.717) is 83.6 Å². The summed E-state index contributed by atoms with van der Waals surface area (Å²) in [6, 6.07) is 8.83. The Hall–Kier alpha value is -12.0. The lowest BCUT2D eigenvalue weighted by Gasteiger charge is -2.32. The number of hydrogen-bond donors (Lipinski definition) is 10. The number of likely N-dealkylation sites (tertiary alicyclic amines) is 2. The van der Waals surface area contributed by atoms with E-state index in [2.05, 4.69) is 179 Å². The molecule has 10 unspecified atom stereocenters. The molecule has 7 aromatic heterocycles. The Morgan fingerprint density at radius 3 is 1.07 bits per heavy atom. The number of pyridine rings is 1. The highest BCUT2D eigenvalue weighted by molar-refractivity contribution is 7.09. The number of aryl methyl sites for hydroxylation is 3. The van der Waals surface area contributed by atoms with E-state index in [0.717, 1.165) is 12.8 Å². The maximum Gasteiger partial charge on any atom is 0.266 e. The molecule has 29 nitrogen and oxygen atoms in total. The predicted octanol–water partition coefficient (Wildman–Crippen LogP) is 17.6. The molecule has 0 saturated carbocycles. The fourth-order valence-corrected chi connectivity index (χ4v) is 11.1. The highest BCUT2D eigenvalue weighted by atomic mass is 32.1. The molecular formula is C118H168N14O15S. The largest absolute Gasteiger partial charge is 0.421 e. The zero-order chi connectivity index (χ0) is 115. The number of aliphatic imine (C=N–C) groups is 1. The Kier molecular flexibility index (Phi) is 49.3. The third kappa shape index (κ3) is 56.4. The van der Waals surface area contributed by atoms with Gasteiger partial charge < -0.3 is 74.3 Å². The van der Waals surface area contributed by atoms with Gasteiger partial charge in [-0.05, 0) is 320 Å². The summed E-state index contributed by atoms with van der Waals surface area (Å²) in [6.45, 7) is 79.7. The van der Waals surface area contributed by atoms with Gasteiger partial charge in [0.1, 0.15) is 22.2 Å². The van der Waals surface area contributed by atoms with Crippen LogP contribution in [0.15, 0.2) is 110 Å². The molecule has 10 heterocycles. The van der Waals surface area contributed by atoms with Gasteiger partial charge in [0.05, 0.1) is 24.1 Å². The van der Waals surface area contributed by atoms with E-state index in [1.807, 2.05) is 237 Å². The lowest BCUT2D eigenvalue weighted by molar-refractivity contribution is -0.149. The molecule has 10 atom stereocenters. The first-order valence-electron chi connectivity index (χ1n) is 49.0. The third-order valence-corrected chi connectivity index (χ3v) is 19.4. The van der Waals surface area contributed by atoms with Gasteiger partial charge in [-0.15, -0.1) is 21.5 Å². The van der Waals surface area contributed by atoms with Gasteiger partial charge in [-0.25, -0.2) is 15.0 Å². The van der Waals surface area contributed by atoms with Crippen LogP contribution in [0, 0.1) is 193 Å². The van der Waals surface area contributed by atoms with E-state index in [9.17, 15) is 60.7 Å². The van der Waals surface area contributed by atoms with Crippen LogP contribution in [0.5, 0.6) is 0 Å². The smallest absolute Gasteiger partial charge is 0.266 e. The van der Waals surface area contributed by atoms with Gasteiger partial charge in [-0.1, -0.05) is 141 Å². The molecule has 7 aromatic rings. The molecule has 148 heavy (non-hydrogen) atoms. The van der Waals surface area contributed by atoms with E-state index in [4.69, 9.17) is 13.5 Å². The zero-order valence-corrected chi connectivity index (χ0v) is 97.1. The number of carbonyl (C=O) groups is 2. The van der Waals surface area contributed by atoms with Crippen LogP contribution in [0.2, 0.25) is 0 Å². The van der Waals surface area contributed by atoms with Crippen LogP contribution in [0.1, 0.15) is 346 Å². The fourth-order valence-electron chi connectivity index (χ4n) is 10.4. The van der Waals surface area contributed by atoms with Crippen LogP contribution in [-0.2, 0) is 48.8 Å². The van der Waals surface area contributed by atoms with E-state index in [1.54, 1.807) is 155 Å². The number of thiazole rings is 1. The van der Waals surface area contributed by atoms with Crippen LogP contribution in [0.4, 0.5) is 0 Å². The topological polar surface area (TPSA) is 436 Å². The first-order valence-corrected chi connectivity index (χ1v) is 49.9. The van der Waals surface area contributed by atoms with Gasteiger partial charge in [0, 0.05) is 144 Å². The molecule has 3 aliphatic rings. The molecule has 2 amide bonds. The number of piperidine rings is 2. The molecule has 3 aliphatic heterocycles. The number of rotatable bonds is 8. The van der Waals surface area contributed by atoms with Crippen LogP contribution >= 0.6 is 11.3 Å². The van der Waals surface area contributed by atoms with Crippen LogP contribution < -0.4 is 0 Å². The number of carbonyl (C=O) groups excluding carboxylic acids is 2. The molecule has 2 fully saturated rings. The lowest BCUT2D eigenvalue weighted by atomic mass is 9.90. The first-order chi connectivity index (χ1) is 66.7. The quantitative estimate of drug-likeness (QED) is 0.0632. The minimum absolute atomic E-state index is 0.0904. The van der Waals surface area contributed by atoms with Gasteiger partial charge in [0.25, 0.3) is 17.7 Å². The summed E-state index contributed by atoms with van der Waals surface area (Å²) in [7, 11) is 3.40. The average Bonchev–Trinajstić information content (AvgIpc) is 1.09. The van der Waals surface area contributed by atoms with Crippen LogP contribution in [0.3, 0.4) is 0 Å². The highest BCUT2D eigenvalue weighted by Crippen LogP contribution is 2.31. The molecule has 0 radical (unpaired) electrons. The van der Waals surface area contributed by atoms with Crippen molar-refractivity contribution < 1.29 is 74.1 Å². The second-order valence-corrected chi connectivity index (χ2v) is 48.8. The van der Waals surface area contributed by atoms with Crippen LogP contribution in [0.25, 0.3) is 0 Å². The van der Waals surface area contributed by atoms with E-state index >= 15 is 0 Å². The standard InChI is InChI=1S/C13H17NO.2C12H16N2O.C12H17NO2.2C12H19NO2.C12H17NO.2C11H16N2O2.C11H15NOS/c1-12(2,3)8-9-13(4,15)11-7-5-6-10-14-11;1-11(2,3)6-7-12(4,15)10-13-8-5-9-14-10;1-11(2,3)5-6-12(4,15)10-9-13-7-8-14-10;1-9-8-10(13-15-9)12(5,14)7-6-11(2,3)4;2*1-11(2,3)7-8-12(15)6-5-9-13(4)10(12)14;1-11(2,3)7-8-12(4,14)10-6-5-9-13-10;1-8-12-13-9(15-8)11(5,14)7-6-10(2,3)4;1-8-12-9(13-15-8)11(5,14)7-6-10(2,3)4;1-10(2,3)5-6-11(4,13)9-12-7-8-14-9/h5-7,10,15H,1-4H3;5,8-9,15H,1-4H3;7-9,15H,1-4H3;8,14H,1-5H3;2*15H,5-6,9H2,1-4H3;5-6,14H,9H2,1-4H3;2*14H,1-5H3;7-8,13H,1-4H3. The van der Waals surface area contributed by atoms with Crippen molar-refractivity contribution in [2.75, 3.05) is 33.7 Å². The summed E-state index contributed by atoms with van der Waals surface area (Å²) in [5.41, 5.74) is -12.1. The highest BCUT2D eigenvalue weighted by Gasteiger charge is 2.42. The van der Waals surface area contributed by atoms with Crippen molar-refractivity contribution in [3.05, 3.63) is 148 Å². The molecule has 10 N–H and O–H groups in total. The Bertz CT molecular complexity index is 5720. The molecule has 0 bridgehead atoms. The maximum atomic E-state index is 11.7.